The Bertz CT molecular complexity index is 1050. The van der Waals surface area contributed by atoms with Crippen molar-refractivity contribution in [2.75, 3.05) is 4.90 Å². The predicted octanol–water partition coefficient (Wildman–Crippen LogP) is 2.83. The van der Waals surface area contributed by atoms with Crippen LogP contribution in [0.3, 0.4) is 0 Å². The van der Waals surface area contributed by atoms with Gasteiger partial charge in [-0.25, -0.2) is 4.90 Å². The van der Waals surface area contributed by atoms with Gasteiger partial charge < -0.3 is 9.40 Å². The van der Waals surface area contributed by atoms with Crippen LogP contribution in [0.1, 0.15) is 16.6 Å². The first-order valence-electron chi connectivity index (χ1n) is 8.01. The fraction of sp³-hybridized carbons (Fsp3) is 0.167. The van der Waals surface area contributed by atoms with E-state index in [2.05, 4.69) is 4.98 Å². The van der Waals surface area contributed by atoms with Crippen molar-refractivity contribution in [3.8, 4) is 0 Å². The number of aromatic nitrogens is 1. The number of hydrogen-bond donors (Lipinski definition) is 1. The summed E-state index contributed by atoms with van der Waals surface area (Å²) in [6.45, 7) is 0. The first kappa shape index (κ1) is 15.7. The van der Waals surface area contributed by atoms with Crippen LogP contribution in [0.25, 0.3) is 0 Å². The molecule has 2 unspecified atom stereocenters. The molecule has 1 aromatic carbocycles. The lowest BCUT2D eigenvalue weighted by Crippen LogP contribution is -2.32. The Morgan fingerprint density at radius 3 is 2.54 bits per heavy atom. The van der Waals surface area contributed by atoms with E-state index in [4.69, 9.17) is 4.42 Å². The average Bonchev–Trinajstić information content (AvgIpc) is 3.34. The van der Waals surface area contributed by atoms with Gasteiger partial charge >= 0.3 is 4.87 Å². The Morgan fingerprint density at radius 1 is 1.00 bits per heavy atom. The third-order valence-electron chi connectivity index (χ3n) is 4.69. The van der Waals surface area contributed by atoms with Crippen molar-refractivity contribution in [2.45, 2.75) is 16.2 Å². The molecule has 2 aliphatic rings. The number of imide groups is 1. The van der Waals surface area contributed by atoms with Crippen LogP contribution in [0.2, 0.25) is 0 Å². The molecule has 130 valence electrons. The molecule has 26 heavy (non-hydrogen) atoms. The molecule has 8 heteroatoms. The molecule has 3 atom stereocenters. The highest BCUT2D eigenvalue weighted by molar-refractivity contribution is 8.00. The molecule has 2 amide bonds. The van der Waals surface area contributed by atoms with Crippen LogP contribution in [0, 0.1) is 5.92 Å². The number of carbonyl (C=O) groups is 2. The first-order chi connectivity index (χ1) is 12.6. The number of nitrogens with one attached hydrogen (secondary N) is 1. The van der Waals surface area contributed by atoms with E-state index in [1.165, 1.54) is 22.9 Å². The third kappa shape index (κ3) is 2.15. The number of rotatable bonds is 2. The molecule has 1 fully saturated rings. The van der Waals surface area contributed by atoms with Gasteiger partial charge in [-0.2, -0.15) is 0 Å². The van der Waals surface area contributed by atoms with Gasteiger partial charge in [0.05, 0.1) is 33.7 Å². The summed E-state index contributed by atoms with van der Waals surface area (Å²) < 4.78 is 5.57. The predicted molar refractivity (Wildman–Crippen MR) is 97.6 cm³/mol. The normalized spacial score (nSPS) is 24.6. The maximum absolute atomic E-state index is 13.2. The van der Waals surface area contributed by atoms with Gasteiger partial charge in [0.25, 0.3) is 0 Å². The van der Waals surface area contributed by atoms with Gasteiger partial charge in [-0.05, 0) is 24.3 Å². The van der Waals surface area contributed by atoms with Gasteiger partial charge in [0.2, 0.25) is 11.8 Å². The molecular formula is C18H12N2O4S2. The summed E-state index contributed by atoms with van der Waals surface area (Å²) in [6, 6.07) is 12.5. The minimum absolute atomic E-state index is 0.196. The maximum Gasteiger partial charge on any atom is 0.305 e. The van der Waals surface area contributed by atoms with Crippen LogP contribution in [0.5, 0.6) is 0 Å². The number of benzene rings is 1. The summed E-state index contributed by atoms with van der Waals surface area (Å²) in [5.74, 6) is -0.969. The lowest BCUT2D eigenvalue weighted by atomic mass is 9.87. The molecule has 0 spiro atoms. The number of fused-ring (bicyclic) bond motifs is 2. The molecule has 6 nitrogen and oxygen atoms in total. The summed E-state index contributed by atoms with van der Waals surface area (Å²) in [7, 11) is 0. The van der Waals surface area contributed by atoms with Crippen molar-refractivity contribution in [1.29, 1.82) is 0 Å². The highest BCUT2D eigenvalue weighted by Crippen LogP contribution is 2.53. The second kappa shape index (κ2) is 5.72. The van der Waals surface area contributed by atoms with E-state index < -0.39 is 17.1 Å². The van der Waals surface area contributed by atoms with Crippen molar-refractivity contribution in [3.05, 3.63) is 69.0 Å². The maximum atomic E-state index is 13.2. The van der Waals surface area contributed by atoms with Crippen molar-refractivity contribution in [3.63, 3.8) is 0 Å². The molecular weight excluding hydrogens is 372 g/mol. The van der Waals surface area contributed by atoms with Gasteiger partial charge in [0.1, 0.15) is 11.0 Å². The molecule has 5 rings (SSSR count). The number of thiazole rings is 1. The third-order valence-corrected chi connectivity index (χ3v) is 7.09. The Kier molecular flexibility index (Phi) is 3.44. The van der Waals surface area contributed by atoms with E-state index >= 15 is 0 Å². The van der Waals surface area contributed by atoms with Crippen molar-refractivity contribution >= 4 is 40.6 Å². The van der Waals surface area contributed by atoms with Crippen LogP contribution < -0.4 is 9.77 Å². The van der Waals surface area contributed by atoms with Crippen molar-refractivity contribution in [2.24, 2.45) is 5.92 Å². The zero-order valence-corrected chi connectivity index (χ0v) is 14.9. The van der Waals surface area contributed by atoms with E-state index in [1.807, 2.05) is 6.07 Å². The van der Waals surface area contributed by atoms with Gasteiger partial charge in [-0.15, -0.1) is 0 Å². The number of anilines is 1. The summed E-state index contributed by atoms with van der Waals surface area (Å²) in [6.07, 6.45) is 1.54. The second-order valence-electron chi connectivity index (χ2n) is 6.11. The first-order valence-corrected chi connectivity index (χ1v) is 9.70. The van der Waals surface area contributed by atoms with E-state index in [0.29, 0.717) is 16.5 Å². The number of hydrogen-bond acceptors (Lipinski definition) is 6. The van der Waals surface area contributed by atoms with Crippen LogP contribution in [0.4, 0.5) is 5.69 Å². The second-order valence-corrected chi connectivity index (χ2v) is 8.28. The largest absolute Gasteiger partial charge is 0.469 e. The fourth-order valence-electron chi connectivity index (χ4n) is 3.62. The standard InChI is InChI=1S/C18H12N2O4S2/c21-16-12-11(10-7-4-8-24-10)13-15(19-18(23)26-13)25-14(12)17(22)20(16)9-5-2-1-3-6-9/h1-8,11-12,14H,(H,19,23)/t11-,12?,14?/m1/s1. The Balaban J connectivity index is 1.66. The molecule has 2 aliphatic heterocycles. The van der Waals surface area contributed by atoms with Crippen LogP contribution in [-0.4, -0.2) is 22.0 Å². The fourth-order valence-corrected chi connectivity index (χ4v) is 6.12. The lowest BCUT2D eigenvalue weighted by molar-refractivity contribution is -0.122. The number of thioether (sulfide) groups is 1. The molecule has 0 aliphatic carbocycles. The number of furan rings is 1. The molecule has 1 saturated heterocycles. The minimum atomic E-state index is -0.599. The van der Waals surface area contributed by atoms with Gasteiger partial charge in [0.15, 0.2) is 0 Å². The van der Waals surface area contributed by atoms with Crippen molar-refractivity contribution in [1.82, 2.24) is 4.98 Å². The molecule has 0 radical (unpaired) electrons. The molecule has 0 bridgehead atoms. The van der Waals surface area contributed by atoms with E-state index in [9.17, 15) is 14.4 Å². The Hall–Kier alpha value is -2.58. The van der Waals surface area contributed by atoms with E-state index in [1.54, 1.807) is 36.4 Å². The van der Waals surface area contributed by atoms with Gasteiger partial charge in [-0.3, -0.25) is 14.4 Å². The summed E-state index contributed by atoms with van der Waals surface area (Å²) in [5, 5.41) is 0.0641. The smallest absolute Gasteiger partial charge is 0.305 e. The zero-order chi connectivity index (χ0) is 17.8. The molecule has 0 saturated carbocycles. The van der Waals surface area contributed by atoms with E-state index in [0.717, 1.165) is 16.2 Å². The number of amides is 2. The Morgan fingerprint density at radius 2 is 1.81 bits per heavy atom. The average molecular weight is 384 g/mol. The van der Waals surface area contributed by atoms with Gasteiger partial charge in [0, 0.05) is 0 Å². The molecule has 2 aromatic heterocycles. The number of H-pyrrole nitrogens is 1. The Labute approximate surface area is 155 Å². The SMILES string of the molecule is O=C1C2Sc3[nH]c(=O)sc3[C@H](c3ccco3)C2C(=O)N1c1ccccc1. The molecule has 1 N–H and O–H groups in total. The molecule has 3 aromatic rings. The highest BCUT2D eigenvalue weighted by Gasteiger charge is 2.57. The minimum Gasteiger partial charge on any atom is -0.469 e. The summed E-state index contributed by atoms with van der Waals surface area (Å²) >= 11 is 2.33. The monoisotopic (exact) mass is 384 g/mol. The molecule has 4 heterocycles. The summed E-state index contributed by atoms with van der Waals surface area (Å²) in [5.41, 5.74) is 0.563. The van der Waals surface area contributed by atoms with Crippen LogP contribution >= 0.6 is 23.1 Å². The number of aromatic amines is 1. The zero-order valence-electron chi connectivity index (χ0n) is 13.2. The lowest BCUT2D eigenvalue weighted by Gasteiger charge is -2.27. The van der Waals surface area contributed by atoms with Crippen LogP contribution in [-0.2, 0) is 9.59 Å². The number of nitrogens with zero attached hydrogens (tertiary/aromatic N) is 1. The van der Waals surface area contributed by atoms with Gasteiger partial charge in [-0.1, -0.05) is 41.3 Å². The topological polar surface area (TPSA) is 83.4 Å². The quantitative estimate of drug-likeness (QED) is 0.687. The summed E-state index contributed by atoms with van der Waals surface area (Å²) in [4.78, 5) is 42.8. The van der Waals surface area contributed by atoms with E-state index in [-0.39, 0.29) is 16.7 Å². The number of carbonyl (C=O) groups excluding carboxylic acids is 2. The number of para-hydroxylation sites is 1. The highest BCUT2D eigenvalue weighted by atomic mass is 32.2. The van der Waals surface area contributed by atoms with Crippen molar-refractivity contribution < 1.29 is 14.0 Å². The van der Waals surface area contributed by atoms with Crippen LogP contribution in [0.15, 0.2) is 63.0 Å².